The van der Waals surface area contributed by atoms with Gasteiger partial charge in [0.25, 0.3) is 0 Å². The predicted octanol–water partition coefficient (Wildman–Crippen LogP) is 3.36. The van der Waals surface area contributed by atoms with Gasteiger partial charge in [-0.25, -0.2) is 13.1 Å². The van der Waals surface area contributed by atoms with Crippen molar-refractivity contribution in [1.82, 2.24) is 4.72 Å². The Kier molecular flexibility index (Phi) is 5.39. The van der Waals surface area contributed by atoms with Crippen LogP contribution in [-0.2, 0) is 16.4 Å². The summed E-state index contributed by atoms with van der Waals surface area (Å²) in [7, 11) is -3.26. The lowest BCUT2D eigenvalue weighted by molar-refractivity contribution is 0.269. The molecule has 0 aliphatic carbocycles. The van der Waals surface area contributed by atoms with Crippen LogP contribution in [0.2, 0.25) is 0 Å². The highest BCUT2D eigenvalue weighted by molar-refractivity contribution is 7.89. The summed E-state index contributed by atoms with van der Waals surface area (Å²) >= 11 is 0. The number of benzene rings is 1. The van der Waals surface area contributed by atoms with Crippen LogP contribution in [0, 0.1) is 5.41 Å². The maximum absolute atomic E-state index is 12.2. The highest BCUT2D eigenvalue weighted by Crippen LogP contribution is 2.27. The summed E-state index contributed by atoms with van der Waals surface area (Å²) in [6.07, 6.45) is 1.34. The van der Waals surface area contributed by atoms with Gasteiger partial charge in [-0.15, -0.1) is 0 Å². The highest BCUT2D eigenvalue weighted by atomic mass is 32.2. The molecule has 4 heteroatoms. The van der Waals surface area contributed by atoms with E-state index in [9.17, 15) is 8.42 Å². The highest BCUT2D eigenvalue weighted by Gasteiger charge is 2.29. The molecule has 0 unspecified atom stereocenters. The molecule has 0 atom stereocenters. The number of nitrogens with one attached hydrogen (secondary N) is 1. The van der Waals surface area contributed by atoms with Gasteiger partial charge in [0.15, 0.2) is 0 Å². The molecule has 1 aromatic carbocycles. The van der Waals surface area contributed by atoms with Gasteiger partial charge in [0.05, 0.1) is 5.75 Å². The second-order valence-corrected chi connectivity index (χ2v) is 9.12. The molecular weight excluding hydrogens is 270 g/mol. The van der Waals surface area contributed by atoms with Crippen molar-refractivity contribution in [3.8, 4) is 0 Å². The Morgan fingerprint density at radius 3 is 2.05 bits per heavy atom. The van der Waals surface area contributed by atoms with Crippen LogP contribution in [-0.4, -0.2) is 19.7 Å². The molecule has 1 rings (SSSR count). The fourth-order valence-corrected chi connectivity index (χ4v) is 4.25. The summed E-state index contributed by atoms with van der Waals surface area (Å²) < 4.78 is 27.2. The standard InChI is InChI=1S/C16H27NO2S/c1-15(2,3)13-16(4,5)17-20(18,19)12-11-14-9-7-6-8-10-14/h6-10,17H,11-13H2,1-5H3. The second-order valence-electron chi connectivity index (χ2n) is 7.28. The van der Waals surface area contributed by atoms with E-state index in [0.717, 1.165) is 12.0 Å². The summed E-state index contributed by atoms with van der Waals surface area (Å²) in [5, 5.41) is 0. The number of sulfonamides is 1. The van der Waals surface area contributed by atoms with Crippen molar-refractivity contribution >= 4 is 10.0 Å². The fourth-order valence-electron chi connectivity index (χ4n) is 2.73. The Morgan fingerprint density at radius 1 is 1.00 bits per heavy atom. The molecule has 1 aromatic rings. The van der Waals surface area contributed by atoms with Crippen LogP contribution in [0.1, 0.15) is 46.6 Å². The van der Waals surface area contributed by atoms with Crippen molar-refractivity contribution in [3.63, 3.8) is 0 Å². The molecule has 0 aromatic heterocycles. The first kappa shape index (κ1) is 17.2. The first-order valence-corrected chi connectivity index (χ1v) is 8.70. The molecule has 0 saturated carbocycles. The van der Waals surface area contributed by atoms with Crippen molar-refractivity contribution in [2.75, 3.05) is 5.75 Å². The van der Waals surface area contributed by atoms with Crippen LogP contribution in [0.5, 0.6) is 0 Å². The maximum Gasteiger partial charge on any atom is 0.212 e. The quantitative estimate of drug-likeness (QED) is 0.875. The molecular formula is C16H27NO2S. The van der Waals surface area contributed by atoms with Gasteiger partial charge in [-0.3, -0.25) is 0 Å². The van der Waals surface area contributed by atoms with Crippen molar-refractivity contribution in [2.24, 2.45) is 5.41 Å². The molecule has 3 nitrogen and oxygen atoms in total. The smallest absolute Gasteiger partial charge is 0.212 e. The fraction of sp³-hybridized carbons (Fsp3) is 0.625. The summed E-state index contributed by atoms with van der Waals surface area (Å²) in [6.45, 7) is 10.2. The van der Waals surface area contributed by atoms with Crippen LogP contribution in [0.15, 0.2) is 30.3 Å². The molecule has 0 amide bonds. The maximum atomic E-state index is 12.2. The van der Waals surface area contributed by atoms with E-state index in [1.807, 2.05) is 44.2 Å². The van der Waals surface area contributed by atoms with Gasteiger partial charge < -0.3 is 0 Å². The Hall–Kier alpha value is -0.870. The minimum absolute atomic E-state index is 0.0887. The molecule has 1 N–H and O–H groups in total. The van der Waals surface area contributed by atoms with Gasteiger partial charge in [-0.1, -0.05) is 51.1 Å². The number of aryl methyl sites for hydroxylation is 1. The first-order valence-electron chi connectivity index (χ1n) is 7.05. The van der Waals surface area contributed by atoms with Crippen LogP contribution < -0.4 is 4.72 Å². The first-order chi connectivity index (χ1) is 8.99. The van der Waals surface area contributed by atoms with E-state index < -0.39 is 15.6 Å². The zero-order valence-corrected chi connectivity index (χ0v) is 14.0. The van der Waals surface area contributed by atoms with Crippen LogP contribution >= 0.6 is 0 Å². The van der Waals surface area contributed by atoms with Gasteiger partial charge in [0.1, 0.15) is 0 Å². The third-order valence-corrected chi connectivity index (χ3v) is 4.51. The van der Waals surface area contributed by atoms with Gasteiger partial charge in [-0.05, 0) is 37.7 Å². The average molecular weight is 297 g/mol. The minimum atomic E-state index is -3.26. The van der Waals surface area contributed by atoms with Crippen molar-refractivity contribution in [1.29, 1.82) is 0 Å². The molecule has 0 saturated heterocycles. The third kappa shape index (κ3) is 7.06. The van der Waals surface area contributed by atoms with Crippen LogP contribution in [0.25, 0.3) is 0 Å². The Labute approximate surface area is 123 Å². The lowest BCUT2D eigenvalue weighted by atomic mass is 9.82. The molecule has 0 radical (unpaired) electrons. The van der Waals surface area contributed by atoms with Gasteiger partial charge in [0.2, 0.25) is 10.0 Å². The molecule has 0 spiro atoms. The predicted molar refractivity (Wildman–Crippen MR) is 85.2 cm³/mol. The SMILES string of the molecule is CC(C)(C)CC(C)(C)NS(=O)(=O)CCc1ccccc1. The van der Waals surface area contributed by atoms with E-state index >= 15 is 0 Å². The summed E-state index contributed by atoms with van der Waals surface area (Å²) in [5.74, 6) is 0.130. The van der Waals surface area contributed by atoms with E-state index in [4.69, 9.17) is 0 Å². The zero-order valence-electron chi connectivity index (χ0n) is 13.2. The molecule has 0 heterocycles. The topological polar surface area (TPSA) is 46.2 Å². The van der Waals surface area contributed by atoms with Crippen LogP contribution in [0.3, 0.4) is 0 Å². The Bertz CT molecular complexity index is 513. The second kappa shape index (κ2) is 6.27. The lowest BCUT2D eigenvalue weighted by Gasteiger charge is -2.33. The van der Waals surface area contributed by atoms with Crippen molar-refractivity contribution in [2.45, 2.75) is 53.0 Å². The number of rotatable bonds is 6. The minimum Gasteiger partial charge on any atom is -0.212 e. The Morgan fingerprint density at radius 2 is 1.55 bits per heavy atom. The lowest BCUT2D eigenvalue weighted by Crippen LogP contribution is -2.46. The molecule has 0 aliphatic rings. The van der Waals surface area contributed by atoms with E-state index in [1.165, 1.54) is 0 Å². The van der Waals surface area contributed by atoms with Crippen LogP contribution in [0.4, 0.5) is 0 Å². The summed E-state index contributed by atoms with van der Waals surface area (Å²) in [5.41, 5.74) is 0.714. The van der Waals surface area contributed by atoms with Crippen molar-refractivity contribution < 1.29 is 8.42 Å². The molecule has 0 fully saturated rings. The van der Waals surface area contributed by atoms with Gasteiger partial charge in [-0.2, -0.15) is 0 Å². The third-order valence-electron chi connectivity index (χ3n) is 2.91. The largest absolute Gasteiger partial charge is 0.212 e. The Balaban J connectivity index is 2.61. The molecule has 20 heavy (non-hydrogen) atoms. The molecule has 114 valence electrons. The van der Waals surface area contributed by atoms with Crippen molar-refractivity contribution in [3.05, 3.63) is 35.9 Å². The van der Waals surface area contributed by atoms with Gasteiger partial charge >= 0.3 is 0 Å². The zero-order chi connectivity index (χ0) is 15.4. The molecule has 0 aliphatic heterocycles. The van der Waals surface area contributed by atoms with Gasteiger partial charge in [0, 0.05) is 5.54 Å². The average Bonchev–Trinajstić information content (AvgIpc) is 2.23. The number of hydrogen-bond acceptors (Lipinski definition) is 2. The normalized spacial score (nSPS) is 13.4. The van der Waals surface area contributed by atoms with E-state index in [0.29, 0.717) is 6.42 Å². The van der Waals surface area contributed by atoms with E-state index in [2.05, 4.69) is 25.5 Å². The number of hydrogen-bond donors (Lipinski definition) is 1. The van der Waals surface area contributed by atoms with E-state index in [-0.39, 0.29) is 11.2 Å². The monoisotopic (exact) mass is 297 g/mol. The summed E-state index contributed by atoms with van der Waals surface area (Å²) in [4.78, 5) is 0. The van der Waals surface area contributed by atoms with E-state index in [1.54, 1.807) is 0 Å². The molecule has 0 bridgehead atoms. The summed E-state index contributed by atoms with van der Waals surface area (Å²) in [6, 6.07) is 9.70.